The second kappa shape index (κ2) is 9.75. The van der Waals surface area contributed by atoms with Crippen LogP contribution in [0.15, 0.2) is 64.7 Å². The van der Waals surface area contributed by atoms with E-state index in [0.717, 1.165) is 24.7 Å². The monoisotopic (exact) mass is 488 g/mol. The van der Waals surface area contributed by atoms with Crippen molar-refractivity contribution in [3.05, 3.63) is 75.3 Å². The van der Waals surface area contributed by atoms with Gasteiger partial charge < -0.3 is 15.5 Å². The van der Waals surface area contributed by atoms with Crippen LogP contribution in [-0.2, 0) is 4.79 Å². The van der Waals surface area contributed by atoms with Gasteiger partial charge in [0.1, 0.15) is 5.03 Å². The Balaban J connectivity index is 1.29. The molecule has 0 radical (unpaired) electrons. The Hall–Kier alpha value is -3.92. The highest BCUT2D eigenvalue weighted by atomic mass is 32.2. The van der Waals surface area contributed by atoms with E-state index in [-0.39, 0.29) is 11.6 Å². The van der Waals surface area contributed by atoms with Crippen molar-refractivity contribution in [3.63, 3.8) is 0 Å². The quantitative estimate of drug-likeness (QED) is 0.211. The number of amides is 1. The van der Waals surface area contributed by atoms with Crippen molar-refractivity contribution in [2.75, 3.05) is 28.6 Å². The number of non-ortho nitro benzene ring substituents is 1. The lowest BCUT2D eigenvalue weighted by molar-refractivity contribution is -0.384. The molecule has 0 saturated carbocycles. The number of piperidine rings is 1. The summed E-state index contributed by atoms with van der Waals surface area (Å²) in [6.07, 6.45) is 5.71. The first-order chi connectivity index (χ1) is 16.9. The molecule has 2 aliphatic rings. The molecule has 0 unspecified atom stereocenters. The van der Waals surface area contributed by atoms with Crippen LogP contribution in [0.5, 0.6) is 0 Å². The number of thioether (sulfide) groups is 1. The van der Waals surface area contributed by atoms with Crippen molar-refractivity contribution in [3.8, 4) is 0 Å². The summed E-state index contributed by atoms with van der Waals surface area (Å²) >= 11 is 1.23. The Morgan fingerprint density at radius 1 is 1.14 bits per heavy atom. The first kappa shape index (κ1) is 22.9. The van der Waals surface area contributed by atoms with Crippen LogP contribution in [0.25, 0.3) is 6.08 Å². The van der Waals surface area contributed by atoms with Gasteiger partial charge in [-0.15, -0.1) is 0 Å². The smallest absolute Gasteiger partial charge is 0.269 e. The van der Waals surface area contributed by atoms with Gasteiger partial charge >= 0.3 is 0 Å². The Labute approximate surface area is 206 Å². The largest absolute Gasteiger partial charge is 0.372 e. The number of nitro benzene ring substituents is 1. The molecule has 3 heterocycles. The van der Waals surface area contributed by atoms with Crippen LogP contribution < -0.4 is 15.5 Å². The molecule has 2 N–H and O–H groups in total. The summed E-state index contributed by atoms with van der Waals surface area (Å²) in [5, 5.41) is 17.5. The lowest BCUT2D eigenvalue weighted by atomic mass is 9.99. The number of anilines is 4. The van der Waals surface area contributed by atoms with Crippen LogP contribution in [0.4, 0.5) is 28.7 Å². The van der Waals surface area contributed by atoms with Gasteiger partial charge in [-0.05, 0) is 66.8 Å². The minimum atomic E-state index is -0.456. The molecule has 0 atom stereocenters. The normalized spacial score (nSPS) is 17.1. The van der Waals surface area contributed by atoms with Gasteiger partial charge in [-0.3, -0.25) is 14.9 Å². The molecule has 2 aliphatic heterocycles. The molecule has 0 aliphatic carbocycles. The number of benzene rings is 2. The van der Waals surface area contributed by atoms with Crippen molar-refractivity contribution in [1.82, 2.24) is 9.97 Å². The summed E-state index contributed by atoms with van der Waals surface area (Å²) in [7, 11) is 0. The third kappa shape index (κ3) is 5.27. The highest BCUT2D eigenvalue weighted by Crippen LogP contribution is 2.38. The minimum absolute atomic E-state index is 0.000242. The number of aromatic nitrogens is 2. The van der Waals surface area contributed by atoms with Crippen LogP contribution in [0, 0.1) is 16.0 Å². The van der Waals surface area contributed by atoms with E-state index in [0.29, 0.717) is 27.1 Å². The third-order valence-corrected chi connectivity index (χ3v) is 7.13. The summed E-state index contributed by atoms with van der Waals surface area (Å²) in [5.74, 6) is 0.954. The Morgan fingerprint density at radius 3 is 2.54 bits per heavy atom. The van der Waals surface area contributed by atoms with E-state index in [4.69, 9.17) is 0 Å². The fraction of sp³-hybridized carbons (Fsp3) is 0.240. The van der Waals surface area contributed by atoms with E-state index in [1.807, 2.05) is 12.1 Å². The van der Waals surface area contributed by atoms with Crippen molar-refractivity contribution in [1.29, 1.82) is 0 Å². The summed E-state index contributed by atoms with van der Waals surface area (Å²) in [6.45, 7) is 4.47. The summed E-state index contributed by atoms with van der Waals surface area (Å²) in [6, 6.07) is 14.3. The molecule has 1 aromatic heterocycles. The van der Waals surface area contributed by atoms with Gasteiger partial charge in [0.05, 0.1) is 21.7 Å². The van der Waals surface area contributed by atoms with Crippen molar-refractivity contribution in [2.45, 2.75) is 24.8 Å². The lowest BCUT2D eigenvalue weighted by Gasteiger charge is -2.32. The number of hydrogen-bond donors (Lipinski definition) is 2. The summed E-state index contributed by atoms with van der Waals surface area (Å²) < 4.78 is 0. The molecule has 3 aromatic rings. The summed E-state index contributed by atoms with van der Waals surface area (Å²) in [5.41, 5.74) is 3.33. The zero-order valence-electron chi connectivity index (χ0n) is 19.1. The second-order valence-electron chi connectivity index (χ2n) is 8.67. The number of fused-ring (bicyclic) bond motifs is 1. The minimum Gasteiger partial charge on any atom is -0.372 e. The molecule has 1 amide bonds. The molecule has 5 rings (SSSR count). The van der Waals surface area contributed by atoms with Gasteiger partial charge in [0.2, 0.25) is 5.95 Å². The van der Waals surface area contributed by atoms with E-state index < -0.39 is 4.92 Å². The van der Waals surface area contributed by atoms with Crippen molar-refractivity contribution < 1.29 is 9.72 Å². The molecule has 1 fully saturated rings. The molecule has 178 valence electrons. The highest BCUT2D eigenvalue weighted by Gasteiger charge is 2.23. The maximum atomic E-state index is 12.5. The first-order valence-corrected chi connectivity index (χ1v) is 12.2. The van der Waals surface area contributed by atoms with Gasteiger partial charge in [-0.25, -0.2) is 9.97 Å². The zero-order valence-corrected chi connectivity index (χ0v) is 19.9. The number of nitrogens with zero attached hydrogens (tertiary/aromatic N) is 4. The second-order valence-corrected chi connectivity index (χ2v) is 9.70. The number of rotatable bonds is 5. The number of carbonyl (C=O) groups excluding carboxylic acids is 1. The van der Waals surface area contributed by atoms with Gasteiger partial charge in [0.15, 0.2) is 0 Å². The number of nitrogens with one attached hydrogen (secondary N) is 2. The van der Waals surface area contributed by atoms with E-state index in [2.05, 4.69) is 44.6 Å². The van der Waals surface area contributed by atoms with Gasteiger partial charge in [-0.2, -0.15) is 0 Å². The lowest BCUT2D eigenvalue weighted by Crippen LogP contribution is -2.32. The molecule has 35 heavy (non-hydrogen) atoms. The fourth-order valence-corrected chi connectivity index (χ4v) is 4.91. The molecule has 9 nitrogen and oxygen atoms in total. The first-order valence-electron chi connectivity index (χ1n) is 11.4. The zero-order chi connectivity index (χ0) is 24.4. The maximum Gasteiger partial charge on any atom is 0.269 e. The predicted molar refractivity (Wildman–Crippen MR) is 138 cm³/mol. The molecule has 1 saturated heterocycles. The third-order valence-electron chi connectivity index (χ3n) is 6.11. The highest BCUT2D eigenvalue weighted by molar-refractivity contribution is 8.04. The summed E-state index contributed by atoms with van der Waals surface area (Å²) in [4.78, 5) is 34.7. The van der Waals surface area contributed by atoms with E-state index in [1.54, 1.807) is 24.4 Å². The van der Waals surface area contributed by atoms with Crippen LogP contribution in [0.1, 0.15) is 25.3 Å². The molecule has 10 heteroatoms. The van der Waals surface area contributed by atoms with E-state index in [1.165, 1.54) is 42.4 Å². The Kier molecular flexibility index (Phi) is 6.37. The topological polar surface area (TPSA) is 113 Å². The Morgan fingerprint density at radius 2 is 1.86 bits per heavy atom. The fourth-order valence-electron chi connectivity index (χ4n) is 4.01. The predicted octanol–water partition coefficient (Wildman–Crippen LogP) is 5.45. The number of carbonyl (C=O) groups is 1. The molecule has 2 aromatic carbocycles. The van der Waals surface area contributed by atoms with Crippen LogP contribution in [0.3, 0.4) is 0 Å². The van der Waals surface area contributed by atoms with Gasteiger partial charge in [0.25, 0.3) is 11.6 Å². The van der Waals surface area contributed by atoms with Crippen molar-refractivity contribution in [2.24, 2.45) is 5.92 Å². The SMILES string of the molecule is CC1CCN(c2ccc(Nc3ncc4c(n3)S/C(=C\c3ccc([N+](=O)[O-])cc3)C(=O)N4)cc2)CC1. The Bertz CT molecular complexity index is 1290. The molecule has 0 spiro atoms. The molecular formula is C25H24N6O3S. The maximum absolute atomic E-state index is 12.5. The van der Waals surface area contributed by atoms with Crippen LogP contribution in [0.2, 0.25) is 0 Å². The van der Waals surface area contributed by atoms with Crippen molar-refractivity contribution >= 4 is 52.4 Å². The van der Waals surface area contributed by atoms with Gasteiger partial charge in [-0.1, -0.05) is 18.7 Å². The van der Waals surface area contributed by atoms with Crippen LogP contribution >= 0.6 is 11.8 Å². The standard InChI is InChI=1S/C25H24N6O3S/c1-16-10-12-30(13-11-16)19-8-4-18(5-9-19)27-25-26-15-21-24(29-25)35-22(23(32)28-21)14-17-2-6-20(7-3-17)31(33)34/h2-9,14-16H,10-13H2,1H3,(H,28,32)(H,26,27,29)/b22-14-. The molecule has 0 bridgehead atoms. The number of nitro groups is 1. The average molecular weight is 489 g/mol. The number of hydrogen-bond acceptors (Lipinski definition) is 8. The van der Waals surface area contributed by atoms with Crippen LogP contribution in [-0.4, -0.2) is 33.9 Å². The average Bonchev–Trinajstić information content (AvgIpc) is 2.86. The van der Waals surface area contributed by atoms with E-state index in [9.17, 15) is 14.9 Å². The van der Waals surface area contributed by atoms with E-state index >= 15 is 0 Å². The van der Waals surface area contributed by atoms with Gasteiger partial charge in [0, 0.05) is 36.6 Å². The molecular weight excluding hydrogens is 464 g/mol.